The van der Waals surface area contributed by atoms with E-state index in [4.69, 9.17) is 4.74 Å². The first-order valence-electron chi connectivity index (χ1n) is 6.59. The van der Waals surface area contributed by atoms with Crippen molar-refractivity contribution in [1.29, 1.82) is 0 Å². The Bertz CT molecular complexity index is 697. The van der Waals surface area contributed by atoms with E-state index in [0.29, 0.717) is 11.3 Å². The molecule has 0 bridgehead atoms. The Morgan fingerprint density at radius 1 is 1.23 bits per heavy atom. The summed E-state index contributed by atoms with van der Waals surface area (Å²) in [5.74, 6) is 0.165. The molecule has 0 aliphatic heterocycles. The molecule has 0 spiro atoms. The smallest absolute Gasteiger partial charge is 0.275 e. The molecule has 0 aliphatic carbocycles. The van der Waals surface area contributed by atoms with Crippen molar-refractivity contribution < 1.29 is 9.53 Å². The first-order chi connectivity index (χ1) is 10.7. The number of nitrogens with zero attached hydrogens (tertiary/aromatic N) is 1. The summed E-state index contributed by atoms with van der Waals surface area (Å²) in [6, 6.07) is 15.0. The van der Waals surface area contributed by atoms with Crippen LogP contribution in [0.2, 0.25) is 0 Å². The molecule has 0 saturated carbocycles. The van der Waals surface area contributed by atoms with Gasteiger partial charge in [-0.1, -0.05) is 52.3 Å². The fourth-order valence-electron chi connectivity index (χ4n) is 1.78. The van der Waals surface area contributed by atoms with E-state index in [1.54, 1.807) is 18.2 Å². The molecule has 2 aromatic rings. The van der Waals surface area contributed by atoms with Crippen LogP contribution in [-0.2, 0) is 0 Å². The number of halogens is 1. The quantitative estimate of drug-likeness (QED) is 0.651. The first-order valence-corrected chi connectivity index (χ1v) is 7.38. The van der Waals surface area contributed by atoms with Crippen molar-refractivity contribution in [3.63, 3.8) is 0 Å². The van der Waals surface area contributed by atoms with E-state index in [1.165, 1.54) is 13.3 Å². The molecule has 0 heterocycles. The standard InChI is InChI=1S/C17H15BrN2O2/c1-22-16-10-9-14(18)12-15(16)17(21)20-19-11-5-8-13-6-3-2-4-7-13/h2-12H,1H3,(H,20,21). The average Bonchev–Trinajstić information content (AvgIpc) is 2.55. The van der Waals surface area contributed by atoms with Crippen molar-refractivity contribution in [2.45, 2.75) is 0 Å². The van der Waals surface area contributed by atoms with Gasteiger partial charge in [-0.3, -0.25) is 4.79 Å². The summed E-state index contributed by atoms with van der Waals surface area (Å²) in [5.41, 5.74) is 3.95. The lowest BCUT2D eigenvalue weighted by molar-refractivity contribution is 0.0952. The van der Waals surface area contributed by atoms with Crippen molar-refractivity contribution in [3.05, 3.63) is 70.2 Å². The van der Waals surface area contributed by atoms with Gasteiger partial charge in [-0.05, 0) is 29.8 Å². The minimum absolute atomic E-state index is 0.331. The summed E-state index contributed by atoms with van der Waals surface area (Å²) in [5, 5.41) is 3.89. The van der Waals surface area contributed by atoms with Gasteiger partial charge in [0.25, 0.3) is 5.91 Å². The molecule has 1 amide bonds. The Hall–Kier alpha value is -2.40. The number of hydrogen-bond acceptors (Lipinski definition) is 3. The van der Waals surface area contributed by atoms with Crippen molar-refractivity contribution in [2.24, 2.45) is 5.10 Å². The molecule has 2 aromatic carbocycles. The Morgan fingerprint density at radius 3 is 2.73 bits per heavy atom. The number of carbonyl (C=O) groups is 1. The predicted octanol–water partition coefficient (Wildman–Crippen LogP) is 3.89. The Labute approximate surface area is 137 Å². The molecule has 0 radical (unpaired) electrons. The van der Waals surface area contributed by atoms with Crippen molar-refractivity contribution in [2.75, 3.05) is 7.11 Å². The van der Waals surface area contributed by atoms with Crippen molar-refractivity contribution in [1.82, 2.24) is 5.43 Å². The summed E-state index contributed by atoms with van der Waals surface area (Å²) in [6.45, 7) is 0. The SMILES string of the molecule is COc1ccc(Br)cc1C(=O)NN=CC=Cc1ccccc1. The van der Waals surface area contributed by atoms with Crippen LogP contribution in [0.4, 0.5) is 0 Å². The third-order valence-corrected chi connectivity index (χ3v) is 3.31. The molecule has 0 aromatic heterocycles. The lowest BCUT2D eigenvalue weighted by Gasteiger charge is -2.07. The summed E-state index contributed by atoms with van der Waals surface area (Å²) in [4.78, 5) is 12.1. The van der Waals surface area contributed by atoms with Crippen LogP contribution >= 0.6 is 15.9 Å². The Kier molecular flexibility index (Phi) is 5.91. The van der Waals surface area contributed by atoms with Crippen LogP contribution in [-0.4, -0.2) is 19.2 Å². The number of carbonyl (C=O) groups excluding carboxylic acids is 1. The fourth-order valence-corrected chi connectivity index (χ4v) is 2.14. The second-order valence-electron chi connectivity index (χ2n) is 4.33. The molecule has 4 nitrogen and oxygen atoms in total. The van der Waals surface area contributed by atoms with Crippen molar-refractivity contribution in [3.8, 4) is 5.75 Å². The highest BCUT2D eigenvalue weighted by Crippen LogP contribution is 2.22. The summed E-state index contributed by atoms with van der Waals surface area (Å²) < 4.78 is 5.96. The number of nitrogens with one attached hydrogen (secondary N) is 1. The first kappa shape index (κ1) is 16.0. The van der Waals surface area contributed by atoms with E-state index in [9.17, 15) is 4.79 Å². The molecule has 5 heteroatoms. The largest absolute Gasteiger partial charge is 0.496 e. The molecule has 0 aliphatic rings. The minimum atomic E-state index is -0.331. The fraction of sp³-hybridized carbons (Fsp3) is 0.0588. The number of hydrazone groups is 1. The monoisotopic (exact) mass is 358 g/mol. The van der Waals surface area contributed by atoms with Crippen LogP contribution in [0.15, 0.2) is 64.2 Å². The third-order valence-electron chi connectivity index (χ3n) is 2.82. The summed E-state index contributed by atoms with van der Waals surface area (Å²) >= 11 is 3.33. The van der Waals surface area contributed by atoms with Gasteiger partial charge in [-0.15, -0.1) is 0 Å². The van der Waals surface area contributed by atoms with E-state index in [2.05, 4.69) is 26.5 Å². The van der Waals surface area contributed by atoms with E-state index >= 15 is 0 Å². The summed E-state index contributed by atoms with van der Waals surface area (Å²) in [6.07, 6.45) is 5.18. The Morgan fingerprint density at radius 2 is 2.00 bits per heavy atom. The third kappa shape index (κ3) is 4.56. The molecule has 22 heavy (non-hydrogen) atoms. The average molecular weight is 359 g/mol. The number of methoxy groups -OCH3 is 1. The highest BCUT2D eigenvalue weighted by molar-refractivity contribution is 9.10. The second kappa shape index (κ2) is 8.14. The van der Waals surface area contributed by atoms with Crippen LogP contribution in [0.1, 0.15) is 15.9 Å². The zero-order valence-corrected chi connectivity index (χ0v) is 13.6. The zero-order valence-electron chi connectivity index (χ0n) is 12.0. The molecule has 0 atom stereocenters. The minimum Gasteiger partial charge on any atom is -0.496 e. The molecule has 0 fully saturated rings. The topological polar surface area (TPSA) is 50.7 Å². The molecule has 0 unspecified atom stereocenters. The van der Waals surface area contributed by atoms with Gasteiger partial charge in [0.1, 0.15) is 5.75 Å². The van der Waals surface area contributed by atoms with E-state index in [1.807, 2.05) is 42.5 Å². The van der Waals surface area contributed by atoms with Crippen molar-refractivity contribution >= 4 is 34.1 Å². The maximum absolute atomic E-state index is 12.1. The predicted molar refractivity (Wildman–Crippen MR) is 92.1 cm³/mol. The number of ether oxygens (including phenoxy) is 1. The highest BCUT2D eigenvalue weighted by atomic mass is 79.9. The number of hydrogen-bond donors (Lipinski definition) is 1. The maximum atomic E-state index is 12.1. The molecule has 2 rings (SSSR count). The molecule has 112 valence electrons. The van der Waals surface area contributed by atoms with Crippen LogP contribution in [0.5, 0.6) is 5.75 Å². The van der Waals surface area contributed by atoms with Gasteiger partial charge >= 0.3 is 0 Å². The number of benzene rings is 2. The molecule has 0 saturated heterocycles. The highest BCUT2D eigenvalue weighted by Gasteiger charge is 2.11. The second-order valence-corrected chi connectivity index (χ2v) is 5.25. The van der Waals surface area contributed by atoms with Crippen LogP contribution in [0.3, 0.4) is 0 Å². The number of rotatable bonds is 5. The zero-order chi connectivity index (χ0) is 15.8. The van der Waals surface area contributed by atoms with Gasteiger partial charge in [-0.25, -0.2) is 5.43 Å². The van der Waals surface area contributed by atoms with Crippen LogP contribution in [0, 0.1) is 0 Å². The van der Waals surface area contributed by atoms with Gasteiger partial charge in [0.05, 0.1) is 12.7 Å². The van der Waals surface area contributed by atoms with Gasteiger partial charge < -0.3 is 4.74 Å². The molecule has 1 N–H and O–H groups in total. The van der Waals surface area contributed by atoms with Crippen LogP contribution in [0.25, 0.3) is 6.08 Å². The van der Waals surface area contributed by atoms with E-state index in [-0.39, 0.29) is 5.91 Å². The Balaban J connectivity index is 1.97. The maximum Gasteiger partial charge on any atom is 0.275 e. The normalized spacial score (nSPS) is 11.0. The van der Waals surface area contributed by atoms with Crippen LogP contribution < -0.4 is 10.2 Å². The van der Waals surface area contributed by atoms with Gasteiger partial charge in [0.15, 0.2) is 0 Å². The molecular weight excluding hydrogens is 344 g/mol. The van der Waals surface area contributed by atoms with Gasteiger partial charge in [-0.2, -0.15) is 5.10 Å². The van der Waals surface area contributed by atoms with E-state index in [0.717, 1.165) is 10.0 Å². The lowest BCUT2D eigenvalue weighted by atomic mass is 10.2. The van der Waals surface area contributed by atoms with Gasteiger partial charge in [0, 0.05) is 10.7 Å². The number of allylic oxidation sites excluding steroid dienone is 1. The molecular formula is C17H15BrN2O2. The van der Waals surface area contributed by atoms with E-state index < -0.39 is 0 Å². The van der Waals surface area contributed by atoms with Gasteiger partial charge in [0.2, 0.25) is 0 Å². The summed E-state index contributed by atoms with van der Waals surface area (Å²) in [7, 11) is 1.52. The lowest BCUT2D eigenvalue weighted by Crippen LogP contribution is -2.18. The number of amides is 1.